The van der Waals surface area contributed by atoms with Crippen LogP contribution < -0.4 is 0 Å². The summed E-state index contributed by atoms with van der Waals surface area (Å²) in [5.41, 5.74) is -1.29. The van der Waals surface area contributed by atoms with Crippen LogP contribution in [0, 0.1) is 0 Å². The highest BCUT2D eigenvalue weighted by molar-refractivity contribution is 7.13. The number of halogens is 3. The Morgan fingerprint density at radius 1 is 1.30 bits per heavy atom. The van der Waals surface area contributed by atoms with E-state index in [2.05, 4.69) is 4.98 Å². The molecular formula is C12H17F3N2O2S. The van der Waals surface area contributed by atoms with E-state index in [-0.39, 0.29) is 11.6 Å². The minimum atomic E-state index is -4.73. The number of alkyl halides is 3. The average molecular weight is 310 g/mol. The second-order valence-corrected chi connectivity index (χ2v) is 5.45. The second-order valence-electron chi connectivity index (χ2n) is 4.36. The standard InChI is InChI=1S/C12H17F3N2O2S/c1-3-5-17(6-4-2)7-8-16-10(12(13,14)15)9(20-8)11(18)19/h3-7H2,1-2H3,(H,18,19). The molecule has 1 N–H and O–H groups in total. The molecule has 0 bridgehead atoms. The fourth-order valence-corrected chi connectivity index (χ4v) is 2.83. The normalized spacial score (nSPS) is 12.1. The minimum Gasteiger partial charge on any atom is -0.477 e. The van der Waals surface area contributed by atoms with Gasteiger partial charge in [0.15, 0.2) is 5.69 Å². The lowest BCUT2D eigenvalue weighted by Gasteiger charge is -2.19. The van der Waals surface area contributed by atoms with Crippen LogP contribution in [-0.2, 0) is 12.7 Å². The zero-order chi connectivity index (χ0) is 15.3. The molecule has 0 fully saturated rings. The summed E-state index contributed by atoms with van der Waals surface area (Å²) in [6.45, 7) is 5.71. The average Bonchev–Trinajstić information content (AvgIpc) is 2.73. The van der Waals surface area contributed by atoms with E-state index >= 15 is 0 Å². The Morgan fingerprint density at radius 2 is 1.85 bits per heavy atom. The predicted molar refractivity (Wildman–Crippen MR) is 69.9 cm³/mol. The van der Waals surface area contributed by atoms with Crippen LogP contribution in [0.15, 0.2) is 0 Å². The van der Waals surface area contributed by atoms with Crippen LogP contribution in [-0.4, -0.2) is 34.0 Å². The summed E-state index contributed by atoms with van der Waals surface area (Å²) >= 11 is 0.602. The number of thiazole rings is 1. The molecule has 1 heterocycles. The van der Waals surface area contributed by atoms with Crippen LogP contribution in [0.4, 0.5) is 13.2 Å². The van der Waals surface area contributed by atoms with Gasteiger partial charge in [-0.25, -0.2) is 9.78 Å². The molecule has 0 unspecified atom stereocenters. The molecule has 0 saturated carbocycles. The van der Waals surface area contributed by atoms with Gasteiger partial charge in [0.25, 0.3) is 0 Å². The van der Waals surface area contributed by atoms with Crippen LogP contribution in [0.5, 0.6) is 0 Å². The van der Waals surface area contributed by atoms with E-state index < -0.39 is 22.7 Å². The van der Waals surface area contributed by atoms with Crippen LogP contribution >= 0.6 is 11.3 Å². The van der Waals surface area contributed by atoms with E-state index in [4.69, 9.17) is 5.11 Å². The number of nitrogens with zero attached hydrogens (tertiary/aromatic N) is 2. The van der Waals surface area contributed by atoms with Crippen molar-refractivity contribution in [3.8, 4) is 0 Å². The zero-order valence-electron chi connectivity index (χ0n) is 11.3. The zero-order valence-corrected chi connectivity index (χ0v) is 12.1. The monoisotopic (exact) mass is 310 g/mol. The van der Waals surface area contributed by atoms with Crippen molar-refractivity contribution in [1.82, 2.24) is 9.88 Å². The molecule has 0 aliphatic heterocycles. The summed E-state index contributed by atoms with van der Waals surface area (Å²) < 4.78 is 38.2. The largest absolute Gasteiger partial charge is 0.477 e. The quantitative estimate of drug-likeness (QED) is 0.837. The highest BCUT2D eigenvalue weighted by Gasteiger charge is 2.39. The van der Waals surface area contributed by atoms with Crippen molar-refractivity contribution >= 4 is 17.3 Å². The smallest absolute Gasteiger partial charge is 0.435 e. The molecule has 1 aromatic rings. The van der Waals surface area contributed by atoms with Crippen molar-refractivity contribution < 1.29 is 23.1 Å². The Balaban J connectivity index is 2.99. The van der Waals surface area contributed by atoms with Crippen LogP contribution in [0.25, 0.3) is 0 Å². The van der Waals surface area contributed by atoms with Crippen molar-refractivity contribution in [2.45, 2.75) is 39.4 Å². The summed E-state index contributed by atoms with van der Waals surface area (Å²) in [7, 11) is 0. The molecule has 1 rings (SSSR count). The first-order chi connectivity index (χ1) is 9.29. The van der Waals surface area contributed by atoms with Gasteiger partial charge in [-0.1, -0.05) is 13.8 Å². The Morgan fingerprint density at radius 3 is 2.20 bits per heavy atom. The fourth-order valence-electron chi connectivity index (χ4n) is 1.86. The third-order valence-electron chi connectivity index (χ3n) is 2.57. The minimum absolute atomic E-state index is 0.191. The molecule has 0 aliphatic rings. The highest BCUT2D eigenvalue weighted by Crippen LogP contribution is 2.34. The molecule has 0 saturated heterocycles. The number of rotatable bonds is 7. The van der Waals surface area contributed by atoms with Gasteiger partial charge in [-0.05, 0) is 25.9 Å². The van der Waals surface area contributed by atoms with E-state index in [0.29, 0.717) is 11.3 Å². The molecule has 114 valence electrons. The molecular weight excluding hydrogens is 293 g/mol. The van der Waals surface area contributed by atoms with Gasteiger partial charge in [-0.2, -0.15) is 13.2 Å². The number of carbonyl (C=O) groups is 1. The number of carboxylic acid groups (broad SMARTS) is 1. The van der Waals surface area contributed by atoms with Crippen molar-refractivity contribution in [3.63, 3.8) is 0 Å². The van der Waals surface area contributed by atoms with Gasteiger partial charge in [0, 0.05) is 0 Å². The summed E-state index contributed by atoms with van der Waals surface area (Å²) in [6.07, 6.45) is -2.98. The number of aromatic nitrogens is 1. The summed E-state index contributed by atoms with van der Waals surface area (Å²) in [6, 6.07) is 0. The number of hydrogen-bond donors (Lipinski definition) is 1. The summed E-state index contributed by atoms with van der Waals surface area (Å²) in [5, 5.41) is 9.03. The first-order valence-corrected chi connectivity index (χ1v) is 7.13. The Labute approximate surface area is 119 Å². The SMILES string of the molecule is CCCN(CCC)Cc1nc(C(F)(F)F)c(C(=O)O)s1. The highest BCUT2D eigenvalue weighted by atomic mass is 32.1. The van der Waals surface area contributed by atoms with Gasteiger partial charge in [0.2, 0.25) is 0 Å². The molecule has 0 amide bonds. The molecule has 20 heavy (non-hydrogen) atoms. The molecule has 0 aromatic carbocycles. The lowest BCUT2D eigenvalue weighted by Crippen LogP contribution is -2.24. The van der Waals surface area contributed by atoms with E-state index in [1.807, 2.05) is 18.7 Å². The van der Waals surface area contributed by atoms with Crippen LogP contribution in [0.2, 0.25) is 0 Å². The third kappa shape index (κ3) is 4.45. The van der Waals surface area contributed by atoms with E-state index in [9.17, 15) is 18.0 Å². The molecule has 4 nitrogen and oxygen atoms in total. The molecule has 0 radical (unpaired) electrons. The lowest BCUT2D eigenvalue weighted by atomic mass is 10.3. The third-order valence-corrected chi connectivity index (χ3v) is 3.60. The number of hydrogen-bond acceptors (Lipinski definition) is 4. The van der Waals surface area contributed by atoms with Crippen molar-refractivity contribution in [3.05, 3.63) is 15.6 Å². The van der Waals surface area contributed by atoms with Gasteiger partial charge in [-0.15, -0.1) is 11.3 Å². The molecule has 0 aliphatic carbocycles. The first kappa shape index (κ1) is 16.9. The first-order valence-electron chi connectivity index (χ1n) is 6.32. The predicted octanol–water partition coefficient (Wildman–Crippen LogP) is 3.48. The van der Waals surface area contributed by atoms with Crippen molar-refractivity contribution in [2.24, 2.45) is 0 Å². The van der Waals surface area contributed by atoms with E-state index in [1.54, 1.807) is 0 Å². The summed E-state index contributed by atoms with van der Waals surface area (Å²) in [4.78, 5) is 15.6. The second kappa shape index (κ2) is 7.03. The molecule has 0 atom stereocenters. The summed E-state index contributed by atoms with van der Waals surface area (Å²) in [5.74, 6) is -1.58. The van der Waals surface area contributed by atoms with Crippen LogP contribution in [0.1, 0.15) is 47.1 Å². The molecule has 0 spiro atoms. The van der Waals surface area contributed by atoms with Gasteiger partial charge >= 0.3 is 12.1 Å². The Hall–Kier alpha value is -1.15. The Bertz CT molecular complexity index is 454. The fraction of sp³-hybridized carbons (Fsp3) is 0.667. The molecule has 8 heteroatoms. The number of aromatic carboxylic acids is 1. The van der Waals surface area contributed by atoms with Gasteiger partial charge < -0.3 is 5.11 Å². The van der Waals surface area contributed by atoms with E-state index in [1.165, 1.54) is 0 Å². The van der Waals surface area contributed by atoms with Gasteiger partial charge in [0.05, 0.1) is 6.54 Å². The molecule has 1 aromatic heterocycles. The van der Waals surface area contributed by atoms with Crippen molar-refractivity contribution in [1.29, 1.82) is 0 Å². The Kier molecular flexibility index (Phi) is 5.94. The maximum atomic E-state index is 12.7. The van der Waals surface area contributed by atoms with E-state index in [0.717, 1.165) is 25.9 Å². The van der Waals surface area contributed by atoms with Gasteiger partial charge in [-0.3, -0.25) is 4.90 Å². The lowest BCUT2D eigenvalue weighted by molar-refractivity contribution is -0.141. The number of carboxylic acids is 1. The topological polar surface area (TPSA) is 53.4 Å². The van der Waals surface area contributed by atoms with Crippen LogP contribution in [0.3, 0.4) is 0 Å². The van der Waals surface area contributed by atoms with Gasteiger partial charge in [0.1, 0.15) is 9.88 Å². The maximum Gasteiger partial charge on any atom is 0.435 e. The van der Waals surface area contributed by atoms with Crippen molar-refractivity contribution in [2.75, 3.05) is 13.1 Å². The maximum absolute atomic E-state index is 12.7.